The molecule has 0 aromatic carbocycles. The Morgan fingerprint density at radius 2 is 1.25 bits per heavy atom. The van der Waals surface area contributed by atoms with Gasteiger partial charge in [0.1, 0.15) is 0 Å². The highest BCUT2D eigenvalue weighted by Crippen LogP contribution is 1.89. The number of allylic oxidation sites excluding steroid dienone is 2. The molecule has 0 rings (SSSR count). The summed E-state index contributed by atoms with van der Waals surface area (Å²) in [6, 6.07) is 0. The molecule has 0 saturated heterocycles. The maximum absolute atomic E-state index is 8.10. The van der Waals surface area contributed by atoms with Crippen LogP contribution in [0, 0.1) is 0 Å². The number of rotatable bonds is 3. The lowest BCUT2D eigenvalue weighted by Crippen LogP contribution is -1.63. The van der Waals surface area contributed by atoms with Crippen LogP contribution in [-0.4, -0.2) is 10.2 Å². The average molecular weight is 114 g/mol. The highest BCUT2D eigenvalue weighted by atomic mass is 16.2. The van der Waals surface area contributed by atoms with Gasteiger partial charge in [0.15, 0.2) is 0 Å². The second kappa shape index (κ2) is 6.08. The minimum atomic E-state index is 0.771. The standard InChI is InChI=1S/C6H10O2/c7-5-3-1-2-4-6-8/h3-8H,1-2H2/b5-3+,6-4+. The van der Waals surface area contributed by atoms with Crippen LogP contribution in [0.1, 0.15) is 12.8 Å². The molecular formula is C6H10O2. The number of aliphatic hydroxyl groups excluding tert-OH is 2. The quantitative estimate of drug-likeness (QED) is 0.434. The minimum Gasteiger partial charge on any atom is -0.516 e. The van der Waals surface area contributed by atoms with E-state index in [9.17, 15) is 0 Å². The molecule has 0 aromatic rings. The molecule has 0 aliphatic heterocycles. The fraction of sp³-hybridized carbons (Fsp3) is 0.333. The van der Waals surface area contributed by atoms with Crippen molar-refractivity contribution >= 4 is 0 Å². The van der Waals surface area contributed by atoms with E-state index in [-0.39, 0.29) is 0 Å². The topological polar surface area (TPSA) is 40.5 Å². The summed E-state index contributed by atoms with van der Waals surface area (Å²) >= 11 is 0. The van der Waals surface area contributed by atoms with Crippen molar-refractivity contribution in [1.29, 1.82) is 0 Å². The van der Waals surface area contributed by atoms with Crippen molar-refractivity contribution in [3.8, 4) is 0 Å². The van der Waals surface area contributed by atoms with Gasteiger partial charge in [-0.05, 0) is 25.0 Å². The summed E-state index contributed by atoms with van der Waals surface area (Å²) in [7, 11) is 0. The molecule has 0 saturated carbocycles. The zero-order valence-electron chi connectivity index (χ0n) is 4.62. The van der Waals surface area contributed by atoms with Crippen LogP contribution in [0.4, 0.5) is 0 Å². The highest BCUT2D eigenvalue weighted by Gasteiger charge is 1.72. The molecule has 0 heterocycles. The van der Waals surface area contributed by atoms with Gasteiger partial charge in [0.2, 0.25) is 0 Å². The molecule has 8 heavy (non-hydrogen) atoms. The fourth-order valence-corrected chi connectivity index (χ4v) is 0.342. The van der Waals surface area contributed by atoms with Crippen LogP contribution in [0.15, 0.2) is 24.7 Å². The Balaban J connectivity index is 2.93. The zero-order valence-corrected chi connectivity index (χ0v) is 4.62. The van der Waals surface area contributed by atoms with Crippen LogP contribution in [0.25, 0.3) is 0 Å². The summed E-state index contributed by atoms with van der Waals surface area (Å²) in [6.07, 6.45) is 6.80. The summed E-state index contributed by atoms with van der Waals surface area (Å²) in [5.41, 5.74) is 0. The second-order valence-corrected chi connectivity index (χ2v) is 1.35. The third kappa shape index (κ3) is 5.08. The van der Waals surface area contributed by atoms with E-state index in [1.807, 2.05) is 0 Å². The monoisotopic (exact) mass is 114 g/mol. The molecule has 0 aliphatic carbocycles. The van der Waals surface area contributed by atoms with Crippen molar-refractivity contribution in [2.45, 2.75) is 12.8 Å². The van der Waals surface area contributed by atoms with E-state index in [1.54, 1.807) is 12.2 Å². The molecule has 2 heteroatoms. The van der Waals surface area contributed by atoms with Crippen molar-refractivity contribution in [1.82, 2.24) is 0 Å². The molecule has 0 atom stereocenters. The van der Waals surface area contributed by atoms with Gasteiger partial charge in [-0.15, -0.1) is 0 Å². The van der Waals surface area contributed by atoms with E-state index in [4.69, 9.17) is 10.2 Å². The lowest BCUT2D eigenvalue weighted by Gasteiger charge is -1.80. The maximum atomic E-state index is 8.10. The van der Waals surface area contributed by atoms with Gasteiger partial charge >= 0.3 is 0 Å². The molecule has 0 amide bonds. The van der Waals surface area contributed by atoms with E-state index < -0.39 is 0 Å². The van der Waals surface area contributed by atoms with Crippen LogP contribution in [0.5, 0.6) is 0 Å². The third-order valence-electron chi connectivity index (χ3n) is 0.711. The molecule has 0 radical (unpaired) electrons. The average Bonchev–Trinajstić information content (AvgIpc) is 1.81. The molecular weight excluding hydrogens is 104 g/mol. The Morgan fingerprint density at radius 3 is 1.50 bits per heavy atom. The zero-order chi connectivity index (χ0) is 6.24. The Labute approximate surface area is 48.8 Å². The summed E-state index contributed by atoms with van der Waals surface area (Å²) in [4.78, 5) is 0. The van der Waals surface area contributed by atoms with Crippen LogP contribution >= 0.6 is 0 Å². The first-order valence-corrected chi connectivity index (χ1v) is 2.50. The van der Waals surface area contributed by atoms with E-state index in [2.05, 4.69) is 0 Å². The van der Waals surface area contributed by atoms with Crippen LogP contribution in [-0.2, 0) is 0 Å². The van der Waals surface area contributed by atoms with Crippen molar-refractivity contribution in [2.75, 3.05) is 0 Å². The number of hydrogen-bond donors (Lipinski definition) is 2. The van der Waals surface area contributed by atoms with Crippen molar-refractivity contribution in [2.24, 2.45) is 0 Å². The Morgan fingerprint density at radius 1 is 0.875 bits per heavy atom. The van der Waals surface area contributed by atoms with Gasteiger partial charge in [-0.2, -0.15) is 0 Å². The van der Waals surface area contributed by atoms with E-state index in [0.717, 1.165) is 25.4 Å². The Hall–Kier alpha value is -0.920. The molecule has 46 valence electrons. The van der Waals surface area contributed by atoms with E-state index in [0.29, 0.717) is 0 Å². The fourth-order valence-electron chi connectivity index (χ4n) is 0.342. The first kappa shape index (κ1) is 7.08. The van der Waals surface area contributed by atoms with Crippen LogP contribution in [0.3, 0.4) is 0 Å². The predicted molar refractivity (Wildman–Crippen MR) is 32.8 cm³/mol. The van der Waals surface area contributed by atoms with Crippen LogP contribution < -0.4 is 0 Å². The van der Waals surface area contributed by atoms with Crippen molar-refractivity contribution < 1.29 is 10.2 Å². The molecule has 0 aliphatic rings. The third-order valence-corrected chi connectivity index (χ3v) is 0.711. The molecule has 2 nitrogen and oxygen atoms in total. The Bertz CT molecular complexity index is 72.5. The Kier molecular flexibility index (Phi) is 5.38. The number of aliphatic hydroxyl groups is 2. The summed E-state index contributed by atoms with van der Waals surface area (Å²) in [5.74, 6) is 0. The number of unbranched alkanes of at least 4 members (excludes halogenated alkanes) is 1. The smallest absolute Gasteiger partial charge is 0.0751 e. The summed E-state index contributed by atoms with van der Waals surface area (Å²) in [6.45, 7) is 0. The maximum Gasteiger partial charge on any atom is 0.0751 e. The van der Waals surface area contributed by atoms with Gasteiger partial charge in [0.25, 0.3) is 0 Å². The van der Waals surface area contributed by atoms with Crippen LogP contribution in [0.2, 0.25) is 0 Å². The predicted octanol–water partition coefficient (Wildman–Crippen LogP) is 1.91. The molecule has 2 N–H and O–H groups in total. The second-order valence-electron chi connectivity index (χ2n) is 1.35. The van der Waals surface area contributed by atoms with Gasteiger partial charge in [-0.25, -0.2) is 0 Å². The molecule has 0 unspecified atom stereocenters. The van der Waals surface area contributed by atoms with Gasteiger partial charge in [0.05, 0.1) is 12.5 Å². The van der Waals surface area contributed by atoms with Crippen molar-refractivity contribution in [3.63, 3.8) is 0 Å². The first-order chi connectivity index (χ1) is 3.91. The van der Waals surface area contributed by atoms with Gasteiger partial charge in [0, 0.05) is 0 Å². The normalized spacial score (nSPS) is 11.5. The van der Waals surface area contributed by atoms with Crippen molar-refractivity contribution in [3.05, 3.63) is 24.7 Å². The SMILES string of the molecule is O/C=C/CC/C=C/O. The summed E-state index contributed by atoms with van der Waals surface area (Å²) < 4.78 is 0. The van der Waals surface area contributed by atoms with Gasteiger partial charge in [-0.3, -0.25) is 0 Å². The molecule has 0 bridgehead atoms. The highest BCUT2D eigenvalue weighted by molar-refractivity contribution is 4.79. The van der Waals surface area contributed by atoms with Gasteiger partial charge in [-0.1, -0.05) is 0 Å². The van der Waals surface area contributed by atoms with E-state index >= 15 is 0 Å². The largest absolute Gasteiger partial charge is 0.516 e. The molecule has 0 fully saturated rings. The van der Waals surface area contributed by atoms with Gasteiger partial charge < -0.3 is 10.2 Å². The lowest BCUT2D eigenvalue weighted by atomic mass is 10.3. The minimum absolute atomic E-state index is 0.771. The van der Waals surface area contributed by atoms with E-state index in [1.165, 1.54) is 0 Å². The molecule has 0 spiro atoms. The lowest BCUT2D eigenvalue weighted by molar-refractivity contribution is 0.467. The number of hydrogen-bond acceptors (Lipinski definition) is 2. The first-order valence-electron chi connectivity index (χ1n) is 2.50. The summed E-state index contributed by atoms with van der Waals surface area (Å²) in [5, 5.41) is 16.2. The molecule has 0 aromatic heterocycles.